The zero-order chi connectivity index (χ0) is 22.6. The van der Waals surface area contributed by atoms with Gasteiger partial charge in [-0.05, 0) is 36.4 Å². The van der Waals surface area contributed by atoms with Crippen molar-refractivity contribution in [1.82, 2.24) is 9.97 Å². The van der Waals surface area contributed by atoms with Gasteiger partial charge in [0.15, 0.2) is 0 Å². The molecule has 0 aliphatic rings. The number of halogens is 4. The third kappa shape index (κ3) is 5.13. The Kier molecular flexibility index (Phi) is 6.14. The highest BCUT2D eigenvalue weighted by Gasteiger charge is 2.34. The van der Waals surface area contributed by atoms with Crippen molar-refractivity contribution >= 4 is 40.2 Å². The average molecular weight is 432 g/mol. The number of hydrogen-bond acceptors (Lipinski definition) is 5. The number of amides is 2. The molecule has 3 aromatic rings. The van der Waals surface area contributed by atoms with Gasteiger partial charge in [0, 0.05) is 36.4 Å². The first-order valence-corrected chi connectivity index (χ1v) is 8.77. The Balaban J connectivity index is 1.81. The molecule has 31 heavy (non-hydrogen) atoms. The Hall–Kier alpha value is -4.02. The summed E-state index contributed by atoms with van der Waals surface area (Å²) in [7, 11) is 1.58. The van der Waals surface area contributed by atoms with Crippen LogP contribution in [0.15, 0.2) is 53.8 Å². The molecule has 0 atom stereocenters. The molecule has 0 spiro atoms. The SMILES string of the molecule is CN=CC(=CN)c1cnc2ccc(NC(=O)Nc3ccc(F)c(C(F)(F)F)c3)cc2n1. The molecule has 0 saturated heterocycles. The van der Waals surface area contributed by atoms with E-state index >= 15 is 0 Å². The fraction of sp³-hybridized carbons (Fsp3) is 0.100. The molecular weight excluding hydrogens is 416 g/mol. The summed E-state index contributed by atoms with van der Waals surface area (Å²) in [4.78, 5) is 24.8. The minimum Gasteiger partial charge on any atom is -0.404 e. The van der Waals surface area contributed by atoms with Gasteiger partial charge >= 0.3 is 12.2 Å². The van der Waals surface area contributed by atoms with Crippen LogP contribution < -0.4 is 16.4 Å². The van der Waals surface area contributed by atoms with Gasteiger partial charge < -0.3 is 16.4 Å². The van der Waals surface area contributed by atoms with Crippen LogP contribution in [0, 0.1) is 5.82 Å². The summed E-state index contributed by atoms with van der Waals surface area (Å²) in [6.07, 6.45) is -0.513. The van der Waals surface area contributed by atoms with Crippen molar-refractivity contribution in [2.75, 3.05) is 17.7 Å². The molecule has 0 aliphatic carbocycles. The van der Waals surface area contributed by atoms with Crippen LogP contribution in [0.2, 0.25) is 0 Å². The number of alkyl halides is 3. The zero-order valence-electron chi connectivity index (χ0n) is 16.0. The standard InChI is InChI=1S/C20H16F4N6O/c1-26-9-11(8-25)18-10-27-16-5-3-13(7-17(16)30-18)29-19(31)28-12-2-4-15(21)14(6-12)20(22,23)24/h2-10H,25H2,1H3,(H2,28,29,31). The lowest BCUT2D eigenvalue weighted by atomic mass is 10.2. The summed E-state index contributed by atoms with van der Waals surface area (Å²) in [6, 6.07) is 6.06. The second-order valence-electron chi connectivity index (χ2n) is 6.24. The number of nitrogens with one attached hydrogen (secondary N) is 2. The maximum atomic E-state index is 13.4. The number of urea groups is 1. The highest BCUT2D eigenvalue weighted by atomic mass is 19.4. The van der Waals surface area contributed by atoms with Crippen LogP contribution in [-0.4, -0.2) is 29.3 Å². The smallest absolute Gasteiger partial charge is 0.404 e. The highest BCUT2D eigenvalue weighted by molar-refractivity contribution is 6.09. The maximum Gasteiger partial charge on any atom is 0.419 e. The number of aliphatic imine (C=N–C) groups is 1. The molecule has 7 nitrogen and oxygen atoms in total. The predicted octanol–water partition coefficient (Wildman–Crippen LogP) is 4.43. The van der Waals surface area contributed by atoms with Gasteiger partial charge in [-0.3, -0.25) is 9.98 Å². The first-order chi connectivity index (χ1) is 14.7. The van der Waals surface area contributed by atoms with Crippen LogP contribution in [0.1, 0.15) is 11.3 Å². The van der Waals surface area contributed by atoms with Gasteiger partial charge in [-0.2, -0.15) is 13.2 Å². The molecule has 4 N–H and O–H groups in total. The van der Waals surface area contributed by atoms with Crippen molar-refractivity contribution in [2.45, 2.75) is 6.18 Å². The molecule has 2 aromatic carbocycles. The summed E-state index contributed by atoms with van der Waals surface area (Å²) in [5.41, 5.74) is 6.20. The van der Waals surface area contributed by atoms with Crippen LogP contribution in [0.4, 0.5) is 33.7 Å². The van der Waals surface area contributed by atoms with E-state index in [1.165, 1.54) is 24.7 Å². The van der Waals surface area contributed by atoms with E-state index in [2.05, 4.69) is 25.6 Å². The van der Waals surface area contributed by atoms with Crippen LogP contribution in [0.5, 0.6) is 0 Å². The van der Waals surface area contributed by atoms with E-state index in [0.717, 1.165) is 6.07 Å². The third-order valence-electron chi connectivity index (χ3n) is 4.07. The number of rotatable bonds is 4. The fourth-order valence-corrected chi connectivity index (χ4v) is 2.68. The number of carbonyl (C=O) groups excluding carboxylic acids is 1. The lowest BCUT2D eigenvalue weighted by molar-refractivity contribution is -0.139. The molecule has 11 heteroatoms. The summed E-state index contributed by atoms with van der Waals surface area (Å²) in [6.45, 7) is 0. The second kappa shape index (κ2) is 8.78. The first-order valence-electron chi connectivity index (χ1n) is 8.77. The highest BCUT2D eigenvalue weighted by Crippen LogP contribution is 2.33. The Morgan fingerprint density at radius 2 is 1.77 bits per heavy atom. The Morgan fingerprint density at radius 1 is 1.10 bits per heavy atom. The van der Waals surface area contributed by atoms with E-state index in [1.54, 1.807) is 19.2 Å². The molecule has 1 aromatic heterocycles. The van der Waals surface area contributed by atoms with Crippen molar-refractivity contribution in [3.63, 3.8) is 0 Å². The van der Waals surface area contributed by atoms with E-state index in [1.807, 2.05) is 0 Å². The number of benzene rings is 2. The van der Waals surface area contributed by atoms with Gasteiger partial charge in [0.2, 0.25) is 0 Å². The Labute approximate surface area is 173 Å². The van der Waals surface area contributed by atoms with E-state index in [0.29, 0.717) is 40.1 Å². The number of carbonyl (C=O) groups is 1. The van der Waals surface area contributed by atoms with Crippen molar-refractivity contribution in [3.8, 4) is 0 Å². The van der Waals surface area contributed by atoms with Gasteiger partial charge in [0.05, 0.1) is 28.5 Å². The van der Waals surface area contributed by atoms with Gasteiger partial charge in [-0.15, -0.1) is 0 Å². The molecule has 0 unspecified atom stereocenters. The predicted molar refractivity (Wildman–Crippen MR) is 110 cm³/mol. The third-order valence-corrected chi connectivity index (χ3v) is 4.07. The molecule has 1 heterocycles. The Bertz CT molecular complexity index is 1190. The van der Waals surface area contributed by atoms with Crippen LogP contribution in [-0.2, 0) is 6.18 Å². The molecule has 0 saturated carbocycles. The summed E-state index contributed by atoms with van der Waals surface area (Å²) in [5, 5.41) is 4.72. The minimum atomic E-state index is -4.88. The van der Waals surface area contributed by atoms with Gasteiger partial charge in [-0.1, -0.05) is 0 Å². The summed E-state index contributed by atoms with van der Waals surface area (Å²) >= 11 is 0. The molecular formula is C20H16F4N6O. The topological polar surface area (TPSA) is 105 Å². The molecule has 0 radical (unpaired) electrons. The largest absolute Gasteiger partial charge is 0.419 e. The normalized spacial score (nSPS) is 12.4. The number of nitrogens with two attached hydrogens (primary N) is 1. The van der Waals surface area contributed by atoms with E-state index in [9.17, 15) is 22.4 Å². The Morgan fingerprint density at radius 3 is 2.42 bits per heavy atom. The molecule has 3 rings (SSSR count). The van der Waals surface area contributed by atoms with E-state index < -0.39 is 23.6 Å². The van der Waals surface area contributed by atoms with E-state index in [-0.39, 0.29) is 5.69 Å². The molecule has 0 aliphatic heterocycles. The monoisotopic (exact) mass is 432 g/mol. The molecule has 160 valence electrons. The second-order valence-corrected chi connectivity index (χ2v) is 6.24. The zero-order valence-corrected chi connectivity index (χ0v) is 16.0. The quantitative estimate of drug-likeness (QED) is 0.419. The average Bonchev–Trinajstić information content (AvgIpc) is 2.72. The van der Waals surface area contributed by atoms with Crippen molar-refractivity contribution in [3.05, 3.63) is 65.9 Å². The fourth-order valence-electron chi connectivity index (χ4n) is 2.68. The maximum absolute atomic E-state index is 13.4. The van der Waals surface area contributed by atoms with Crippen LogP contribution in [0.3, 0.4) is 0 Å². The lowest BCUT2D eigenvalue weighted by Crippen LogP contribution is -2.20. The lowest BCUT2D eigenvalue weighted by Gasteiger charge is -2.12. The van der Waals surface area contributed by atoms with Crippen molar-refractivity contribution in [2.24, 2.45) is 10.7 Å². The van der Waals surface area contributed by atoms with Gasteiger partial charge in [0.1, 0.15) is 5.82 Å². The van der Waals surface area contributed by atoms with Crippen LogP contribution in [0.25, 0.3) is 16.6 Å². The van der Waals surface area contributed by atoms with Gasteiger partial charge in [0.25, 0.3) is 0 Å². The van der Waals surface area contributed by atoms with Crippen molar-refractivity contribution in [1.29, 1.82) is 0 Å². The number of allylic oxidation sites excluding steroid dienone is 1. The van der Waals surface area contributed by atoms with Crippen molar-refractivity contribution < 1.29 is 22.4 Å². The number of anilines is 2. The molecule has 2 amide bonds. The summed E-state index contributed by atoms with van der Waals surface area (Å²) < 4.78 is 51.9. The number of fused-ring (bicyclic) bond motifs is 1. The van der Waals surface area contributed by atoms with E-state index in [4.69, 9.17) is 5.73 Å². The summed E-state index contributed by atoms with van der Waals surface area (Å²) in [5.74, 6) is -1.43. The van der Waals surface area contributed by atoms with Crippen LogP contribution >= 0.6 is 0 Å². The molecule has 0 bridgehead atoms. The number of aromatic nitrogens is 2. The number of nitrogens with zero attached hydrogens (tertiary/aromatic N) is 3. The minimum absolute atomic E-state index is 0.217. The molecule has 0 fully saturated rings. The first kappa shape index (κ1) is 21.7. The van der Waals surface area contributed by atoms with Gasteiger partial charge in [-0.25, -0.2) is 14.2 Å². The number of hydrogen-bond donors (Lipinski definition) is 3.